The Morgan fingerprint density at radius 3 is 2.36 bits per heavy atom. The molecule has 0 heterocycles. The van der Waals surface area contributed by atoms with E-state index in [1.165, 1.54) is 0 Å². The van der Waals surface area contributed by atoms with Crippen molar-refractivity contribution in [2.24, 2.45) is 0 Å². The lowest BCUT2D eigenvalue weighted by Crippen LogP contribution is -2.69. The van der Waals surface area contributed by atoms with Gasteiger partial charge in [0.1, 0.15) is 23.3 Å². The van der Waals surface area contributed by atoms with Crippen LogP contribution >= 0.6 is 22.6 Å². The van der Waals surface area contributed by atoms with Crippen LogP contribution in [-0.4, -0.2) is 17.1 Å². The van der Waals surface area contributed by atoms with Gasteiger partial charge in [0, 0.05) is 6.42 Å². The van der Waals surface area contributed by atoms with Gasteiger partial charge in [-0.1, -0.05) is 19.6 Å². The summed E-state index contributed by atoms with van der Waals surface area (Å²) < 4.78 is 6.37. The summed E-state index contributed by atoms with van der Waals surface area (Å²) >= 11 is 2.02. The zero-order valence-electron chi connectivity index (χ0n) is 11.1. The number of hydrogen-bond acceptors (Lipinski definition) is 4. The average molecular weight is 415 g/mol. The van der Waals surface area contributed by atoms with Crippen molar-refractivity contribution in [1.82, 2.24) is 0 Å². The van der Waals surface area contributed by atoms with Crippen molar-refractivity contribution >= 4 is 28.6 Å². The molecule has 2 rings (SSSR count). The van der Waals surface area contributed by atoms with Crippen molar-refractivity contribution in [1.29, 1.82) is 0 Å². The molecule has 118 valence electrons. The highest BCUT2D eigenvalue weighted by Gasteiger charge is 2.08. The Morgan fingerprint density at radius 1 is 1.23 bits per heavy atom. The Balaban J connectivity index is 0.00000242. The van der Waals surface area contributed by atoms with Gasteiger partial charge in [-0.15, -0.1) is 0 Å². The van der Waals surface area contributed by atoms with Crippen LogP contribution in [0.25, 0.3) is 0 Å². The molecule has 1 unspecified atom stereocenters. The van der Waals surface area contributed by atoms with Gasteiger partial charge in [-0.05, 0) is 58.5 Å². The topological polar surface area (TPSA) is 97.2 Å². The van der Waals surface area contributed by atoms with Crippen molar-refractivity contribution in [2.45, 2.75) is 19.9 Å². The number of carboxylic acid groups (broad SMARTS) is 1. The second-order valence-corrected chi connectivity index (χ2v) is 5.74. The van der Waals surface area contributed by atoms with Gasteiger partial charge >= 0.3 is 0 Å². The Hall–Kier alpha value is -1.80. The fourth-order valence-corrected chi connectivity index (χ4v) is 2.24. The van der Waals surface area contributed by atoms with Gasteiger partial charge in [-0.3, -0.25) is 0 Å². The van der Waals surface area contributed by atoms with E-state index in [0.717, 1.165) is 5.56 Å². The van der Waals surface area contributed by atoms with E-state index in [1.54, 1.807) is 42.5 Å². The van der Waals surface area contributed by atoms with Crippen LogP contribution in [-0.2, 0) is 11.2 Å². The maximum Gasteiger partial charge on any atom is 0.129 e. The minimum absolute atomic E-state index is 0. The summed E-state index contributed by atoms with van der Waals surface area (Å²) in [5, 5.41) is 20.1. The molecule has 0 aliphatic carbocycles. The Bertz CT molecular complexity index is 643. The second-order valence-electron chi connectivity index (χ2n) is 4.58. The molecule has 0 saturated carbocycles. The first kappa shape index (κ1) is 18.2. The van der Waals surface area contributed by atoms with Gasteiger partial charge in [0.15, 0.2) is 0 Å². The molecule has 22 heavy (non-hydrogen) atoms. The normalized spacial score (nSPS) is 11.4. The summed E-state index contributed by atoms with van der Waals surface area (Å²) in [6.45, 7) is 0. The molecule has 0 bridgehead atoms. The van der Waals surface area contributed by atoms with Gasteiger partial charge in [0.25, 0.3) is 0 Å². The molecule has 0 aromatic heterocycles. The Kier molecular flexibility index (Phi) is 6.63. The number of carbonyl (C=O) groups excluding carboxylic acids is 1. The number of hydrogen-bond donors (Lipinski definition) is 2. The predicted molar refractivity (Wildman–Crippen MR) is 89.5 cm³/mol. The molecule has 0 saturated heterocycles. The number of aromatic hydroxyl groups is 1. The number of carboxylic acids is 1. The van der Waals surface area contributed by atoms with Gasteiger partial charge in [0.05, 0.1) is 9.54 Å². The van der Waals surface area contributed by atoms with Crippen molar-refractivity contribution in [2.75, 3.05) is 0 Å². The number of benzene rings is 2. The van der Waals surface area contributed by atoms with E-state index in [0.29, 0.717) is 21.5 Å². The maximum absolute atomic E-state index is 10.7. The molecule has 6 heteroatoms. The van der Waals surface area contributed by atoms with E-state index < -0.39 is 12.0 Å². The summed E-state index contributed by atoms with van der Waals surface area (Å²) in [5.41, 5.74) is 4.38. The number of phenolic OH excluding ortho intramolecular Hbond substituents is 1. The van der Waals surface area contributed by atoms with E-state index in [4.69, 9.17) is 4.74 Å². The number of rotatable bonds is 5. The summed E-state index contributed by atoms with van der Waals surface area (Å²) in [5.74, 6) is 0.306. The number of quaternary nitrogens is 1. The minimum Gasteiger partial charge on any atom is -0.544 e. The first-order chi connectivity index (χ1) is 9.95. The Morgan fingerprint density at radius 2 is 1.82 bits per heavy atom. The zero-order valence-corrected chi connectivity index (χ0v) is 13.2. The number of ether oxygens (including phenoxy) is 1. The maximum atomic E-state index is 10.7. The van der Waals surface area contributed by atoms with Gasteiger partial charge in [-0.2, -0.15) is 0 Å². The average Bonchev–Trinajstić information content (AvgIpc) is 2.45. The second kappa shape index (κ2) is 8.00. The van der Waals surface area contributed by atoms with Crippen molar-refractivity contribution in [3.8, 4) is 17.2 Å². The molecule has 2 aromatic rings. The summed E-state index contributed by atoms with van der Waals surface area (Å²) in [4.78, 5) is 10.7. The van der Waals surface area contributed by atoms with Gasteiger partial charge in [-0.25, -0.2) is 0 Å². The van der Waals surface area contributed by atoms with Crippen LogP contribution in [0.4, 0.5) is 0 Å². The summed E-state index contributed by atoms with van der Waals surface area (Å²) in [6.07, 6.45) is 0.319. The van der Waals surface area contributed by atoms with Gasteiger partial charge < -0.3 is 25.5 Å². The number of halogens is 1. The van der Waals surface area contributed by atoms with E-state index in [2.05, 4.69) is 5.73 Å². The molecular weight excluding hydrogens is 397 g/mol. The summed E-state index contributed by atoms with van der Waals surface area (Å²) in [6, 6.07) is 11.3. The van der Waals surface area contributed by atoms with Crippen LogP contribution in [0.3, 0.4) is 0 Å². The number of carbonyl (C=O) groups is 1. The fraction of sp³-hybridized carbons (Fsp3) is 0.188. The van der Waals surface area contributed by atoms with E-state index >= 15 is 0 Å². The molecule has 0 aliphatic heterocycles. The van der Waals surface area contributed by atoms with Crippen LogP contribution in [0.1, 0.15) is 13.0 Å². The molecule has 0 aliphatic rings. The third-order valence-electron chi connectivity index (χ3n) is 2.89. The highest BCUT2D eigenvalue weighted by molar-refractivity contribution is 14.1. The van der Waals surface area contributed by atoms with Crippen LogP contribution in [0.5, 0.6) is 17.2 Å². The number of phenols is 1. The monoisotopic (exact) mass is 415 g/mol. The first-order valence-corrected chi connectivity index (χ1v) is 7.33. The van der Waals surface area contributed by atoms with E-state index in [9.17, 15) is 15.0 Å². The Labute approximate surface area is 142 Å². The molecule has 0 spiro atoms. The molecule has 0 fully saturated rings. The molecule has 0 amide bonds. The van der Waals surface area contributed by atoms with Crippen molar-refractivity contribution in [3.63, 3.8) is 0 Å². The molecule has 5 nitrogen and oxygen atoms in total. The zero-order chi connectivity index (χ0) is 15.4. The van der Waals surface area contributed by atoms with E-state index in [1.807, 2.05) is 22.6 Å². The highest BCUT2D eigenvalue weighted by atomic mass is 127. The lowest BCUT2D eigenvalue weighted by Gasteiger charge is -2.10. The van der Waals surface area contributed by atoms with E-state index in [-0.39, 0.29) is 13.2 Å². The fourth-order valence-electron chi connectivity index (χ4n) is 1.75. The third-order valence-corrected chi connectivity index (χ3v) is 3.76. The first-order valence-electron chi connectivity index (χ1n) is 6.25. The standard InChI is InChI=1S/C15H14INO4.CH4/c16-12-8-11(5-6-14(12)18)21-10-3-1-9(2-4-10)7-13(17)15(19)20;/h1-6,8,13,18H,7,17H2,(H,19,20);1H4. The smallest absolute Gasteiger partial charge is 0.129 e. The van der Waals surface area contributed by atoms with Crippen LogP contribution in [0.2, 0.25) is 0 Å². The quantitative estimate of drug-likeness (QED) is 0.721. The SMILES string of the molecule is C.[NH3+]C(Cc1ccc(Oc2ccc(O)c(I)c2)cc1)C(=O)[O-]. The van der Waals surface area contributed by atoms with Crippen molar-refractivity contribution in [3.05, 3.63) is 51.6 Å². The van der Waals surface area contributed by atoms with Crippen LogP contribution < -0.4 is 15.6 Å². The molecule has 4 N–H and O–H groups in total. The lowest BCUT2D eigenvalue weighted by atomic mass is 10.1. The molecule has 2 aromatic carbocycles. The summed E-state index contributed by atoms with van der Waals surface area (Å²) in [7, 11) is 0. The minimum atomic E-state index is -1.16. The van der Waals surface area contributed by atoms with Gasteiger partial charge in [0.2, 0.25) is 0 Å². The molecule has 1 atom stereocenters. The molecular formula is C16H18INO4. The van der Waals surface area contributed by atoms with Crippen LogP contribution in [0.15, 0.2) is 42.5 Å². The molecule has 0 radical (unpaired) electrons. The lowest BCUT2D eigenvalue weighted by molar-refractivity contribution is -0.437. The number of aliphatic carboxylic acids is 1. The highest BCUT2D eigenvalue weighted by Crippen LogP contribution is 2.28. The van der Waals surface area contributed by atoms with Crippen LogP contribution in [0, 0.1) is 3.57 Å². The third kappa shape index (κ3) is 4.88. The van der Waals surface area contributed by atoms with Crippen molar-refractivity contribution < 1.29 is 25.5 Å². The predicted octanol–water partition coefficient (Wildman–Crippen LogP) is 1.33. The largest absolute Gasteiger partial charge is 0.544 e.